The van der Waals surface area contributed by atoms with Crippen LogP contribution in [0.4, 0.5) is 0 Å². The molecule has 0 spiro atoms. The Morgan fingerprint density at radius 2 is 1.25 bits per heavy atom. The Balaban J connectivity index is 2.09. The quantitative estimate of drug-likeness (QED) is 0.414. The summed E-state index contributed by atoms with van der Waals surface area (Å²) in [5.74, 6) is 1.24. The van der Waals surface area contributed by atoms with Crippen LogP contribution in [0.5, 0.6) is 0 Å². The van der Waals surface area contributed by atoms with E-state index in [1.54, 1.807) is 0 Å². The normalized spacial score (nSPS) is 14.9. The van der Waals surface area contributed by atoms with Gasteiger partial charge in [0.15, 0.2) is 0 Å². The van der Waals surface area contributed by atoms with E-state index >= 15 is 0 Å². The Kier molecular flexibility index (Phi) is 9.07. The molecule has 28 heavy (non-hydrogen) atoms. The van der Waals surface area contributed by atoms with E-state index in [9.17, 15) is 0 Å². The molecule has 1 nitrogen and oxygen atoms in total. The van der Waals surface area contributed by atoms with Gasteiger partial charge in [-0.05, 0) is 0 Å². The summed E-state index contributed by atoms with van der Waals surface area (Å²) >= 11 is 0.976. The van der Waals surface area contributed by atoms with Crippen molar-refractivity contribution in [2.75, 3.05) is 6.61 Å². The van der Waals surface area contributed by atoms with Gasteiger partial charge >= 0.3 is 187 Å². The van der Waals surface area contributed by atoms with Gasteiger partial charge in [0, 0.05) is 0 Å². The van der Waals surface area contributed by atoms with Crippen LogP contribution in [0.2, 0.25) is 21.8 Å². The van der Waals surface area contributed by atoms with E-state index in [1.807, 2.05) is 0 Å². The van der Waals surface area contributed by atoms with Gasteiger partial charge in [0.2, 0.25) is 0 Å². The van der Waals surface area contributed by atoms with Gasteiger partial charge in [-0.25, -0.2) is 0 Å². The summed E-state index contributed by atoms with van der Waals surface area (Å²) in [6.07, 6.45) is 0. The second kappa shape index (κ2) is 10.6. The summed E-state index contributed by atoms with van der Waals surface area (Å²) in [5.41, 5.74) is 0. The van der Waals surface area contributed by atoms with E-state index < -0.39 is 8.32 Å². The first-order chi connectivity index (χ1) is 13.1. The predicted octanol–water partition coefficient (Wildman–Crippen LogP) is 5.09. The molecule has 0 radical (unpaired) electrons. The van der Waals surface area contributed by atoms with Gasteiger partial charge in [0.05, 0.1) is 0 Å². The SMILES string of the molecule is C[C@H](C([Se]c1ccccc1)[Se]c1ccccc1)[C@@H](C)CO[Si](C)(C)C(C)(C)C. The second-order valence-corrected chi connectivity index (χ2v) is 20.6. The molecule has 154 valence electrons. The van der Waals surface area contributed by atoms with Gasteiger partial charge in [-0.3, -0.25) is 0 Å². The van der Waals surface area contributed by atoms with Gasteiger partial charge in [-0.15, -0.1) is 0 Å². The van der Waals surface area contributed by atoms with E-state index in [-0.39, 0.29) is 5.04 Å². The Morgan fingerprint density at radius 3 is 1.64 bits per heavy atom. The molecule has 0 saturated carbocycles. The molecule has 0 N–H and O–H groups in total. The van der Waals surface area contributed by atoms with Gasteiger partial charge in [0.1, 0.15) is 0 Å². The zero-order valence-corrected chi connectivity index (χ0v) is 22.9. The van der Waals surface area contributed by atoms with E-state index in [4.69, 9.17) is 4.43 Å². The summed E-state index contributed by atoms with van der Waals surface area (Å²) in [7, 11) is -1.69. The van der Waals surface area contributed by atoms with Crippen molar-refractivity contribution in [2.24, 2.45) is 11.8 Å². The topological polar surface area (TPSA) is 9.23 Å². The Hall–Kier alpha value is -0.344. The molecule has 2 rings (SSSR count). The minimum atomic E-state index is -1.69. The third kappa shape index (κ3) is 7.16. The van der Waals surface area contributed by atoms with Crippen molar-refractivity contribution in [2.45, 2.75) is 56.5 Å². The number of rotatable bonds is 9. The van der Waals surface area contributed by atoms with Crippen molar-refractivity contribution in [3.63, 3.8) is 0 Å². The number of hydrogen-bond donors (Lipinski definition) is 0. The minimum absolute atomic E-state index is 0.275. The molecular weight excluding hydrogens is 490 g/mol. The fraction of sp³-hybridized carbons (Fsp3) is 0.500. The van der Waals surface area contributed by atoms with Gasteiger partial charge in [0.25, 0.3) is 0 Å². The van der Waals surface area contributed by atoms with Crippen LogP contribution >= 0.6 is 0 Å². The van der Waals surface area contributed by atoms with Crippen LogP contribution < -0.4 is 8.92 Å². The molecule has 0 fully saturated rings. The average molecular weight is 527 g/mol. The Bertz CT molecular complexity index is 656. The molecule has 0 aromatic heterocycles. The van der Waals surface area contributed by atoms with Crippen LogP contribution in [0.15, 0.2) is 60.7 Å². The van der Waals surface area contributed by atoms with Crippen LogP contribution in [-0.4, -0.2) is 44.8 Å². The number of hydrogen-bond acceptors (Lipinski definition) is 1. The van der Waals surface area contributed by atoms with Crippen LogP contribution in [0.25, 0.3) is 0 Å². The monoisotopic (exact) mass is 528 g/mol. The Morgan fingerprint density at radius 1 is 0.821 bits per heavy atom. The van der Waals surface area contributed by atoms with Gasteiger partial charge < -0.3 is 0 Å². The maximum absolute atomic E-state index is 6.58. The fourth-order valence-electron chi connectivity index (χ4n) is 2.48. The zero-order chi connectivity index (χ0) is 20.8. The predicted molar refractivity (Wildman–Crippen MR) is 129 cm³/mol. The summed E-state index contributed by atoms with van der Waals surface area (Å²) < 4.78 is 10.4. The standard InChI is InChI=1S/C24H36OSe2Si/c1-19(18-25-28(6,7)24(3,4)5)20(2)23(26-21-14-10-8-11-15-21)27-22-16-12-9-13-17-22/h8-17,19-20,23H,18H2,1-7H3/t19-,20-/m0/s1. The summed E-state index contributed by atoms with van der Waals surface area (Å²) in [5, 5.41) is 0.275. The molecule has 0 aliphatic carbocycles. The molecule has 0 bridgehead atoms. The molecular formula is C24H36OSe2Si. The van der Waals surface area contributed by atoms with Crippen molar-refractivity contribution >= 4 is 47.2 Å². The van der Waals surface area contributed by atoms with Crippen molar-refractivity contribution in [1.29, 1.82) is 0 Å². The molecule has 4 heteroatoms. The summed E-state index contributed by atoms with van der Waals surface area (Å²) in [6.45, 7) is 17.5. The third-order valence-electron chi connectivity index (χ3n) is 5.83. The fourth-order valence-corrected chi connectivity index (χ4v) is 11.1. The summed E-state index contributed by atoms with van der Waals surface area (Å²) in [6, 6.07) is 22.2. The van der Waals surface area contributed by atoms with Crippen molar-refractivity contribution in [3.05, 3.63) is 60.7 Å². The molecule has 0 aliphatic rings. The van der Waals surface area contributed by atoms with Crippen LogP contribution in [0.3, 0.4) is 0 Å². The van der Waals surface area contributed by atoms with E-state index in [2.05, 4.69) is 108 Å². The van der Waals surface area contributed by atoms with Gasteiger partial charge in [-0.1, -0.05) is 0 Å². The maximum atomic E-state index is 6.58. The van der Waals surface area contributed by atoms with Crippen LogP contribution in [-0.2, 0) is 4.43 Å². The molecule has 0 unspecified atom stereocenters. The van der Waals surface area contributed by atoms with Crippen molar-refractivity contribution in [3.8, 4) is 0 Å². The first kappa shape index (κ1) is 23.9. The van der Waals surface area contributed by atoms with Crippen molar-refractivity contribution < 1.29 is 4.43 Å². The first-order valence-corrected chi connectivity index (χ1v) is 16.8. The van der Waals surface area contributed by atoms with Crippen LogP contribution in [0, 0.1) is 11.8 Å². The number of benzene rings is 2. The van der Waals surface area contributed by atoms with Crippen LogP contribution in [0.1, 0.15) is 34.6 Å². The second-order valence-electron chi connectivity index (χ2n) is 9.14. The molecule has 2 atom stereocenters. The van der Waals surface area contributed by atoms with Crippen molar-refractivity contribution in [1.82, 2.24) is 0 Å². The molecule has 2 aromatic carbocycles. The first-order valence-electron chi connectivity index (χ1n) is 10.2. The average Bonchev–Trinajstić information content (AvgIpc) is 2.66. The molecule has 2 aromatic rings. The molecule has 0 amide bonds. The third-order valence-corrected chi connectivity index (χ3v) is 17.5. The van der Waals surface area contributed by atoms with E-state index in [0.717, 1.165) is 10.3 Å². The molecule has 0 saturated heterocycles. The van der Waals surface area contributed by atoms with E-state index in [1.165, 1.54) is 8.92 Å². The van der Waals surface area contributed by atoms with Gasteiger partial charge in [-0.2, -0.15) is 0 Å². The summed E-state index contributed by atoms with van der Waals surface area (Å²) in [4.78, 5) is 0. The molecule has 0 heterocycles. The Labute approximate surface area is 186 Å². The molecule has 0 aliphatic heterocycles. The zero-order valence-electron chi connectivity index (χ0n) is 18.4. The van der Waals surface area contributed by atoms with E-state index in [0.29, 0.717) is 41.7 Å².